The summed E-state index contributed by atoms with van der Waals surface area (Å²) >= 11 is 0. The minimum atomic E-state index is -0.863. The van der Waals surface area contributed by atoms with Crippen LogP contribution in [0.1, 0.15) is 17.2 Å². The third-order valence-corrected chi connectivity index (χ3v) is 4.26. The van der Waals surface area contributed by atoms with Gasteiger partial charge in [-0.25, -0.2) is 0 Å². The predicted octanol–water partition coefficient (Wildman–Crippen LogP) is 0.310. The molecule has 2 atom stereocenters. The number of hydrogen-bond acceptors (Lipinski definition) is 6. The molecular weight excluding hydrogens is 352 g/mol. The van der Waals surface area contributed by atoms with Gasteiger partial charge < -0.3 is 24.8 Å². The molecule has 1 aliphatic heterocycles. The molecule has 2 amide bonds. The summed E-state index contributed by atoms with van der Waals surface area (Å²) in [6.07, 6.45) is 2.63. The molecule has 2 N–H and O–H groups in total. The maximum absolute atomic E-state index is 12.7. The lowest BCUT2D eigenvalue weighted by Crippen LogP contribution is -2.52. The molecule has 2 heterocycles. The zero-order chi connectivity index (χ0) is 19.4. The van der Waals surface area contributed by atoms with E-state index < -0.39 is 12.1 Å². The van der Waals surface area contributed by atoms with Gasteiger partial charge in [0, 0.05) is 25.4 Å². The number of hydrogen-bond donors (Lipinski definition) is 2. The van der Waals surface area contributed by atoms with E-state index in [2.05, 4.69) is 15.7 Å². The van der Waals surface area contributed by atoms with Crippen LogP contribution in [0.25, 0.3) is 0 Å². The number of carbonyl (C=O) groups excluding carboxylic acids is 2. The number of aryl methyl sites for hydroxylation is 1. The Hall–Kier alpha value is -3.07. The van der Waals surface area contributed by atoms with Crippen molar-refractivity contribution in [3.8, 4) is 11.5 Å². The van der Waals surface area contributed by atoms with Crippen molar-refractivity contribution in [3.63, 3.8) is 0 Å². The molecule has 27 heavy (non-hydrogen) atoms. The summed E-state index contributed by atoms with van der Waals surface area (Å²) < 4.78 is 17.7. The minimum Gasteiger partial charge on any atom is -0.493 e. The second-order valence-corrected chi connectivity index (χ2v) is 6.13. The summed E-state index contributed by atoms with van der Waals surface area (Å²) in [6, 6.07) is 4.57. The molecule has 1 aliphatic rings. The Balaban J connectivity index is 1.78. The van der Waals surface area contributed by atoms with Gasteiger partial charge in [-0.1, -0.05) is 6.07 Å². The van der Waals surface area contributed by atoms with Crippen LogP contribution in [0, 0.1) is 0 Å². The number of methoxy groups -OCH3 is 2. The molecule has 144 valence electrons. The van der Waals surface area contributed by atoms with Crippen LogP contribution in [0.4, 0.5) is 0 Å². The number of carbonyl (C=O) groups is 2. The highest BCUT2D eigenvalue weighted by atomic mass is 16.5. The average molecular weight is 374 g/mol. The van der Waals surface area contributed by atoms with Crippen LogP contribution in [-0.4, -0.2) is 48.5 Å². The molecule has 1 aromatic carbocycles. The van der Waals surface area contributed by atoms with Gasteiger partial charge >= 0.3 is 0 Å². The smallest absolute Gasteiger partial charge is 0.251 e. The van der Waals surface area contributed by atoms with Crippen molar-refractivity contribution in [3.05, 3.63) is 41.7 Å². The first kappa shape index (κ1) is 18.7. The lowest BCUT2D eigenvalue weighted by molar-refractivity contribution is -0.148. The fourth-order valence-electron chi connectivity index (χ4n) is 2.94. The Morgan fingerprint density at radius 3 is 2.81 bits per heavy atom. The van der Waals surface area contributed by atoms with Gasteiger partial charge in [0.1, 0.15) is 6.61 Å². The van der Waals surface area contributed by atoms with E-state index in [1.165, 1.54) is 14.2 Å². The standard InChI is InChI=1S/C18H22N4O5/c1-22-9-11(8-20-22)7-19-18(24)17-16(21-15(23)10-27-17)12-4-5-13(25-2)14(6-12)26-3/h4-6,8-9,16-17H,7,10H2,1-3H3,(H,19,24)(H,21,23)/t16-,17+/m1/s1. The fraction of sp³-hybridized carbons (Fsp3) is 0.389. The number of ether oxygens (including phenoxy) is 3. The third-order valence-electron chi connectivity index (χ3n) is 4.26. The lowest BCUT2D eigenvalue weighted by atomic mass is 9.98. The lowest BCUT2D eigenvalue weighted by Gasteiger charge is -2.32. The van der Waals surface area contributed by atoms with E-state index in [0.29, 0.717) is 23.6 Å². The fourth-order valence-corrected chi connectivity index (χ4v) is 2.94. The summed E-state index contributed by atoms with van der Waals surface area (Å²) in [6.45, 7) is 0.147. The van der Waals surface area contributed by atoms with Gasteiger partial charge in [0.05, 0.1) is 26.5 Å². The Labute approximate surface area is 156 Å². The largest absolute Gasteiger partial charge is 0.493 e. The van der Waals surface area contributed by atoms with Crippen LogP contribution >= 0.6 is 0 Å². The van der Waals surface area contributed by atoms with Crippen molar-refractivity contribution in [1.82, 2.24) is 20.4 Å². The van der Waals surface area contributed by atoms with E-state index in [4.69, 9.17) is 14.2 Å². The Morgan fingerprint density at radius 2 is 2.15 bits per heavy atom. The van der Waals surface area contributed by atoms with Gasteiger partial charge in [-0.15, -0.1) is 0 Å². The van der Waals surface area contributed by atoms with Gasteiger partial charge in [0.15, 0.2) is 17.6 Å². The monoisotopic (exact) mass is 374 g/mol. The van der Waals surface area contributed by atoms with Gasteiger partial charge in [-0.2, -0.15) is 5.10 Å². The Kier molecular flexibility index (Phi) is 5.60. The molecule has 0 unspecified atom stereocenters. The van der Waals surface area contributed by atoms with Gasteiger partial charge in [-0.3, -0.25) is 14.3 Å². The maximum atomic E-state index is 12.7. The maximum Gasteiger partial charge on any atom is 0.251 e. The summed E-state index contributed by atoms with van der Waals surface area (Å²) in [4.78, 5) is 24.5. The highest BCUT2D eigenvalue weighted by molar-refractivity contribution is 5.86. The van der Waals surface area contributed by atoms with E-state index >= 15 is 0 Å². The summed E-state index contributed by atoms with van der Waals surface area (Å²) in [7, 11) is 4.87. The molecule has 9 heteroatoms. The number of rotatable bonds is 6. The zero-order valence-electron chi connectivity index (χ0n) is 15.4. The number of aromatic nitrogens is 2. The van der Waals surface area contributed by atoms with Crippen LogP contribution in [-0.2, 0) is 27.9 Å². The average Bonchev–Trinajstić information content (AvgIpc) is 3.10. The van der Waals surface area contributed by atoms with Crippen LogP contribution in [0.2, 0.25) is 0 Å². The molecule has 1 fully saturated rings. The number of amides is 2. The molecule has 3 rings (SSSR count). The topological polar surface area (TPSA) is 104 Å². The molecule has 1 saturated heterocycles. The number of nitrogens with one attached hydrogen (secondary N) is 2. The molecule has 0 radical (unpaired) electrons. The van der Waals surface area contributed by atoms with Crippen LogP contribution < -0.4 is 20.1 Å². The van der Waals surface area contributed by atoms with Crippen molar-refractivity contribution in [2.75, 3.05) is 20.8 Å². The first-order chi connectivity index (χ1) is 13.0. The zero-order valence-corrected chi connectivity index (χ0v) is 15.4. The van der Waals surface area contributed by atoms with Crippen molar-refractivity contribution >= 4 is 11.8 Å². The number of benzene rings is 1. The quantitative estimate of drug-likeness (QED) is 0.754. The first-order valence-corrected chi connectivity index (χ1v) is 8.40. The minimum absolute atomic E-state index is 0.172. The highest BCUT2D eigenvalue weighted by Gasteiger charge is 2.36. The van der Waals surface area contributed by atoms with Gasteiger partial charge in [-0.05, 0) is 17.7 Å². The third kappa shape index (κ3) is 4.20. The number of morpholine rings is 1. The normalized spacial score (nSPS) is 19.3. The van der Waals surface area contributed by atoms with Crippen LogP contribution in [0.15, 0.2) is 30.6 Å². The predicted molar refractivity (Wildman–Crippen MR) is 95.2 cm³/mol. The van der Waals surface area contributed by atoms with E-state index in [1.54, 1.807) is 36.1 Å². The van der Waals surface area contributed by atoms with Crippen molar-refractivity contribution in [2.45, 2.75) is 18.7 Å². The van der Waals surface area contributed by atoms with Crippen molar-refractivity contribution < 1.29 is 23.8 Å². The van der Waals surface area contributed by atoms with Crippen molar-refractivity contribution in [2.24, 2.45) is 7.05 Å². The second kappa shape index (κ2) is 8.09. The SMILES string of the molecule is COc1ccc([C@H]2NC(=O)CO[C@@H]2C(=O)NCc2cnn(C)c2)cc1OC. The van der Waals surface area contributed by atoms with E-state index in [0.717, 1.165) is 5.56 Å². The van der Waals surface area contributed by atoms with Gasteiger partial charge in [0.2, 0.25) is 5.91 Å². The van der Waals surface area contributed by atoms with E-state index in [9.17, 15) is 9.59 Å². The first-order valence-electron chi connectivity index (χ1n) is 8.40. The summed E-state index contributed by atoms with van der Waals surface area (Å²) in [5, 5.41) is 9.71. The number of nitrogens with zero attached hydrogens (tertiary/aromatic N) is 2. The molecule has 0 saturated carbocycles. The highest BCUT2D eigenvalue weighted by Crippen LogP contribution is 2.32. The van der Waals surface area contributed by atoms with E-state index in [-0.39, 0.29) is 18.4 Å². The summed E-state index contributed by atoms with van der Waals surface area (Å²) in [5.41, 5.74) is 1.55. The van der Waals surface area contributed by atoms with Crippen molar-refractivity contribution in [1.29, 1.82) is 0 Å². The molecule has 1 aromatic heterocycles. The Morgan fingerprint density at radius 1 is 1.37 bits per heavy atom. The van der Waals surface area contributed by atoms with E-state index in [1.807, 2.05) is 6.20 Å². The molecule has 9 nitrogen and oxygen atoms in total. The Bertz CT molecular complexity index is 835. The molecule has 0 spiro atoms. The van der Waals surface area contributed by atoms with Gasteiger partial charge in [0.25, 0.3) is 5.91 Å². The molecule has 2 aromatic rings. The summed E-state index contributed by atoms with van der Waals surface area (Å²) in [5.74, 6) is 0.455. The molecular formula is C18H22N4O5. The molecule has 0 bridgehead atoms. The van der Waals surface area contributed by atoms with Crippen LogP contribution in [0.5, 0.6) is 11.5 Å². The van der Waals surface area contributed by atoms with Crippen LogP contribution in [0.3, 0.4) is 0 Å². The molecule has 0 aliphatic carbocycles. The second-order valence-electron chi connectivity index (χ2n) is 6.13.